The number of halogens is 1. The highest BCUT2D eigenvalue weighted by atomic mass is 32.1. The lowest BCUT2D eigenvalue weighted by Gasteiger charge is -2.29. The molecule has 6 heteroatoms. The van der Waals surface area contributed by atoms with Crippen molar-refractivity contribution in [2.75, 3.05) is 38.2 Å². The smallest absolute Gasteiger partial charge is 0.184 e. The Hall–Kier alpha value is -1.24. The van der Waals surface area contributed by atoms with Crippen LogP contribution in [0.1, 0.15) is 6.92 Å². The zero-order valence-corrected chi connectivity index (χ0v) is 12.3. The minimum atomic E-state index is -0.240. The van der Waals surface area contributed by atoms with Crippen LogP contribution in [0.2, 0.25) is 0 Å². The predicted octanol–water partition coefficient (Wildman–Crippen LogP) is 2.57. The van der Waals surface area contributed by atoms with Crippen molar-refractivity contribution in [2.24, 2.45) is 0 Å². The number of benzene rings is 1. The number of anilines is 1. The third kappa shape index (κ3) is 3.26. The summed E-state index contributed by atoms with van der Waals surface area (Å²) in [5, 5.41) is 4.25. The van der Waals surface area contributed by atoms with Crippen LogP contribution < -0.4 is 5.32 Å². The number of hydrogen-bond donors (Lipinski definition) is 1. The first-order valence-electron chi connectivity index (χ1n) is 6.83. The van der Waals surface area contributed by atoms with Crippen molar-refractivity contribution in [3.63, 3.8) is 0 Å². The minimum Gasteiger partial charge on any atom is -0.379 e. The van der Waals surface area contributed by atoms with Crippen molar-refractivity contribution < 1.29 is 9.13 Å². The average Bonchev–Trinajstić information content (AvgIpc) is 2.80. The summed E-state index contributed by atoms with van der Waals surface area (Å²) >= 11 is 1.56. The molecule has 1 atom stereocenters. The van der Waals surface area contributed by atoms with Crippen molar-refractivity contribution in [1.82, 2.24) is 9.88 Å². The summed E-state index contributed by atoms with van der Waals surface area (Å²) in [6, 6.07) is 5.03. The van der Waals surface area contributed by atoms with E-state index in [-0.39, 0.29) is 5.82 Å². The molecule has 0 spiro atoms. The van der Waals surface area contributed by atoms with Crippen LogP contribution in [0.3, 0.4) is 0 Å². The van der Waals surface area contributed by atoms with E-state index >= 15 is 0 Å². The van der Waals surface area contributed by atoms with Gasteiger partial charge >= 0.3 is 0 Å². The molecule has 2 aromatic rings. The molecular weight excluding hydrogens is 277 g/mol. The fourth-order valence-electron chi connectivity index (χ4n) is 2.39. The Bertz CT molecular complexity index is 583. The maximum absolute atomic E-state index is 13.1. The van der Waals surface area contributed by atoms with E-state index in [4.69, 9.17) is 4.74 Å². The Morgan fingerprint density at radius 2 is 2.25 bits per heavy atom. The van der Waals surface area contributed by atoms with E-state index in [1.165, 1.54) is 12.1 Å². The van der Waals surface area contributed by atoms with Gasteiger partial charge in [0.15, 0.2) is 5.13 Å². The minimum absolute atomic E-state index is 0.240. The number of nitrogens with zero attached hydrogens (tertiary/aromatic N) is 2. The second-order valence-electron chi connectivity index (χ2n) is 5.09. The van der Waals surface area contributed by atoms with Crippen molar-refractivity contribution in [3.8, 4) is 0 Å². The van der Waals surface area contributed by atoms with Crippen LogP contribution in [-0.4, -0.2) is 48.8 Å². The highest BCUT2D eigenvalue weighted by molar-refractivity contribution is 7.22. The molecule has 1 aliphatic heterocycles. The molecule has 0 radical (unpaired) electrons. The van der Waals surface area contributed by atoms with E-state index in [9.17, 15) is 4.39 Å². The Morgan fingerprint density at radius 3 is 3.05 bits per heavy atom. The normalized spacial score (nSPS) is 18.3. The number of ether oxygens (including phenoxy) is 1. The van der Waals surface area contributed by atoms with E-state index in [0.29, 0.717) is 6.04 Å². The second kappa shape index (κ2) is 6.03. The van der Waals surface area contributed by atoms with E-state index in [1.807, 2.05) is 0 Å². The molecule has 0 amide bonds. The Labute approximate surface area is 121 Å². The van der Waals surface area contributed by atoms with Crippen LogP contribution in [0.25, 0.3) is 10.2 Å². The largest absolute Gasteiger partial charge is 0.379 e. The monoisotopic (exact) mass is 295 g/mol. The van der Waals surface area contributed by atoms with Gasteiger partial charge in [-0.05, 0) is 19.1 Å². The number of thiazole rings is 1. The Morgan fingerprint density at radius 1 is 1.45 bits per heavy atom. The van der Waals surface area contributed by atoms with Gasteiger partial charge in [-0.1, -0.05) is 11.3 Å². The maximum Gasteiger partial charge on any atom is 0.184 e. The molecule has 20 heavy (non-hydrogen) atoms. The highest BCUT2D eigenvalue weighted by Crippen LogP contribution is 2.26. The van der Waals surface area contributed by atoms with Crippen LogP contribution in [-0.2, 0) is 4.74 Å². The van der Waals surface area contributed by atoms with Gasteiger partial charge in [0.2, 0.25) is 0 Å². The zero-order valence-electron chi connectivity index (χ0n) is 11.4. The van der Waals surface area contributed by atoms with Crippen molar-refractivity contribution >= 4 is 26.7 Å². The number of hydrogen-bond acceptors (Lipinski definition) is 5. The molecule has 3 rings (SSSR count). The van der Waals surface area contributed by atoms with Gasteiger partial charge in [0.1, 0.15) is 5.82 Å². The highest BCUT2D eigenvalue weighted by Gasteiger charge is 2.14. The first kappa shape index (κ1) is 13.7. The quantitative estimate of drug-likeness (QED) is 0.940. The van der Waals surface area contributed by atoms with Gasteiger partial charge < -0.3 is 10.1 Å². The molecule has 1 unspecified atom stereocenters. The molecule has 1 saturated heterocycles. The number of rotatable bonds is 4. The Kier molecular flexibility index (Phi) is 4.14. The standard InChI is InChI=1S/C14H18FN3OS/c1-10(9-18-4-6-19-7-5-18)16-14-17-12-8-11(15)2-3-13(12)20-14/h2-3,8,10H,4-7,9H2,1H3,(H,16,17). The van der Waals surface area contributed by atoms with E-state index < -0.39 is 0 Å². The molecule has 2 heterocycles. The molecule has 1 aliphatic rings. The third-order valence-electron chi connectivity index (χ3n) is 3.36. The topological polar surface area (TPSA) is 37.4 Å². The van der Waals surface area contributed by atoms with Crippen LogP contribution in [0, 0.1) is 5.82 Å². The first-order chi connectivity index (χ1) is 9.70. The summed E-state index contributed by atoms with van der Waals surface area (Å²) in [4.78, 5) is 6.81. The summed E-state index contributed by atoms with van der Waals surface area (Å²) in [6.07, 6.45) is 0. The summed E-state index contributed by atoms with van der Waals surface area (Å²) < 4.78 is 19.5. The molecule has 108 valence electrons. The summed E-state index contributed by atoms with van der Waals surface area (Å²) in [5.41, 5.74) is 0.719. The third-order valence-corrected chi connectivity index (χ3v) is 4.32. The van der Waals surface area contributed by atoms with E-state index in [2.05, 4.69) is 22.1 Å². The molecule has 1 aromatic heterocycles. The molecule has 1 aromatic carbocycles. The number of aromatic nitrogens is 1. The molecule has 1 N–H and O–H groups in total. The van der Waals surface area contributed by atoms with E-state index in [1.54, 1.807) is 17.4 Å². The van der Waals surface area contributed by atoms with Crippen molar-refractivity contribution in [3.05, 3.63) is 24.0 Å². The van der Waals surface area contributed by atoms with Crippen molar-refractivity contribution in [2.45, 2.75) is 13.0 Å². The van der Waals surface area contributed by atoms with E-state index in [0.717, 1.165) is 48.2 Å². The summed E-state index contributed by atoms with van der Waals surface area (Å²) in [6.45, 7) is 6.70. The lowest BCUT2D eigenvalue weighted by molar-refractivity contribution is 0.0368. The van der Waals surface area contributed by atoms with Crippen LogP contribution in [0.5, 0.6) is 0 Å². The predicted molar refractivity (Wildman–Crippen MR) is 79.9 cm³/mol. The van der Waals surface area contributed by atoms with Crippen LogP contribution >= 0.6 is 11.3 Å². The van der Waals surface area contributed by atoms with Gasteiger partial charge in [0.05, 0.1) is 23.4 Å². The van der Waals surface area contributed by atoms with Gasteiger partial charge in [-0.15, -0.1) is 0 Å². The van der Waals surface area contributed by atoms with Gasteiger partial charge in [0, 0.05) is 31.7 Å². The van der Waals surface area contributed by atoms with Crippen molar-refractivity contribution in [1.29, 1.82) is 0 Å². The number of fused-ring (bicyclic) bond motifs is 1. The number of nitrogens with one attached hydrogen (secondary N) is 1. The van der Waals surface area contributed by atoms with Gasteiger partial charge in [-0.2, -0.15) is 0 Å². The summed E-state index contributed by atoms with van der Waals surface area (Å²) in [5.74, 6) is -0.240. The lowest BCUT2D eigenvalue weighted by Crippen LogP contribution is -2.42. The van der Waals surface area contributed by atoms with Gasteiger partial charge in [-0.3, -0.25) is 4.90 Å². The molecular formula is C14H18FN3OS. The Balaban J connectivity index is 1.63. The zero-order chi connectivity index (χ0) is 13.9. The molecule has 0 bridgehead atoms. The first-order valence-corrected chi connectivity index (χ1v) is 7.65. The SMILES string of the molecule is CC(CN1CCOCC1)Nc1nc2cc(F)ccc2s1. The molecule has 1 fully saturated rings. The maximum atomic E-state index is 13.1. The van der Waals surface area contributed by atoms with Gasteiger partial charge in [-0.25, -0.2) is 9.37 Å². The molecule has 0 saturated carbocycles. The molecule has 0 aliphatic carbocycles. The summed E-state index contributed by atoms with van der Waals surface area (Å²) in [7, 11) is 0. The number of morpholine rings is 1. The van der Waals surface area contributed by atoms with Gasteiger partial charge in [0.25, 0.3) is 0 Å². The fourth-order valence-corrected chi connectivity index (χ4v) is 3.35. The average molecular weight is 295 g/mol. The fraction of sp³-hybridized carbons (Fsp3) is 0.500. The van der Waals surface area contributed by atoms with Crippen LogP contribution in [0.4, 0.5) is 9.52 Å². The molecule has 4 nitrogen and oxygen atoms in total. The lowest BCUT2D eigenvalue weighted by atomic mass is 10.3. The van der Waals surface area contributed by atoms with Crippen LogP contribution in [0.15, 0.2) is 18.2 Å². The second-order valence-corrected chi connectivity index (χ2v) is 6.12.